The lowest BCUT2D eigenvalue weighted by Crippen LogP contribution is -1.93. The summed E-state index contributed by atoms with van der Waals surface area (Å²) in [5, 5.41) is 6.93. The van der Waals surface area contributed by atoms with E-state index in [4.69, 9.17) is 0 Å². The number of hydrogen-bond donors (Lipinski definition) is 1. The largest absolute Gasteiger partial charge is 0.262 e. The fraction of sp³-hybridized carbons (Fsp3) is 0.0667. The summed E-state index contributed by atoms with van der Waals surface area (Å²) in [5.41, 5.74) is 1.54. The Kier molecular flexibility index (Phi) is 3.25. The summed E-state index contributed by atoms with van der Waals surface area (Å²) >= 11 is 0. The first kappa shape index (κ1) is 12.5. The highest BCUT2D eigenvalue weighted by molar-refractivity contribution is 5.53. The van der Waals surface area contributed by atoms with Crippen LogP contribution in [0.15, 0.2) is 48.5 Å². The molecule has 2 aromatic carbocycles. The fourth-order valence-electron chi connectivity index (χ4n) is 1.93. The second-order valence-electron chi connectivity index (χ2n) is 4.40. The van der Waals surface area contributed by atoms with E-state index in [1.165, 1.54) is 12.1 Å². The minimum atomic E-state index is -0.856. The van der Waals surface area contributed by atoms with E-state index in [-0.39, 0.29) is 0 Å². The minimum absolute atomic E-state index is 0.372. The molecule has 0 spiro atoms. The molecule has 1 N–H and O–H groups in total. The van der Waals surface area contributed by atoms with Gasteiger partial charge < -0.3 is 0 Å². The molecule has 0 aliphatic heterocycles. The summed E-state index contributed by atoms with van der Waals surface area (Å²) in [6.07, 6.45) is 0.372. The number of H-pyrrole nitrogens is 1. The third-order valence-corrected chi connectivity index (χ3v) is 2.92. The molecule has 100 valence electrons. The van der Waals surface area contributed by atoms with E-state index in [0.717, 1.165) is 11.6 Å². The quantitative estimate of drug-likeness (QED) is 0.793. The highest BCUT2D eigenvalue weighted by atomic mass is 19.2. The maximum Gasteiger partial charge on any atom is 0.181 e. The van der Waals surface area contributed by atoms with Crippen LogP contribution in [0.3, 0.4) is 0 Å². The Labute approximate surface area is 114 Å². The molecule has 5 heteroatoms. The van der Waals surface area contributed by atoms with Crippen molar-refractivity contribution in [1.29, 1.82) is 0 Å². The number of nitrogens with one attached hydrogen (secondary N) is 1. The molecule has 0 radical (unpaired) electrons. The van der Waals surface area contributed by atoms with E-state index in [0.29, 0.717) is 23.6 Å². The second kappa shape index (κ2) is 5.21. The van der Waals surface area contributed by atoms with Gasteiger partial charge in [-0.25, -0.2) is 13.8 Å². The molecule has 0 aliphatic rings. The topological polar surface area (TPSA) is 41.6 Å². The van der Waals surface area contributed by atoms with Gasteiger partial charge in [-0.15, -0.1) is 0 Å². The Morgan fingerprint density at radius 1 is 0.950 bits per heavy atom. The van der Waals surface area contributed by atoms with E-state index in [2.05, 4.69) is 15.2 Å². The minimum Gasteiger partial charge on any atom is -0.262 e. The van der Waals surface area contributed by atoms with Gasteiger partial charge in [0.15, 0.2) is 17.5 Å². The lowest BCUT2D eigenvalue weighted by atomic mass is 10.1. The van der Waals surface area contributed by atoms with Gasteiger partial charge in [0.25, 0.3) is 0 Å². The first-order valence-electron chi connectivity index (χ1n) is 6.13. The third kappa shape index (κ3) is 2.56. The average molecular weight is 271 g/mol. The van der Waals surface area contributed by atoms with Gasteiger partial charge >= 0.3 is 0 Å². The van der Waals surface area contributed by atoms with Gasteiger partial charge in [0.05, 0.1) is 0 Å². The van der Waals surface area contributed by atoms with Crippen molar-refractivity contribution in [3.05, 3.63) is 71.6 Å². The molecular weight excluding hydrogens is 260 g/mol. The molecule has 0 saturated carbocycles. The Hall–Kier alpha value is -2.56. The number of benzene rings is 2. The summed E-state index contributed by atoms with van der Waals surface area (Å²) < 4.78 is 26.0. The molecule has 1 aromatic heterocycles. The normalized spacial score (nSPS) is 10.7. The molecule has 0 unspecified atom stereocenters. The highest BCUT2D eigenvalue weighted by Crippen LogP contribution is 2.16. The van der Waals surface area contributed by atoms with Crippen LogP contribution in [0.4, 0.5) is 8.78 Å². The predicted molar refractivity (Wildman–Crippen MR) is 71.0 cm³/mol. The zero-order valence-electron chi connectivity index (χ0n) is 10.5. The van der Waals surface area contributed by atoms with Gasteiger partial charge in [0.1, 0.15) is 5.82 Å². The molecule has 0 bridgehead atoms. The van der Waals surface area contributed by atoms with Crippen LogP contribution in [-0.2, 0) is 6.42 Å². The summed E-state index contributed by atoms with van der Waals surface area (Å²) in [4.78, 5) is 4.35. The van der Waals surface area contributed by atoms with Gasteiger partial charge in [-0.2, -0.15) is 5.10 Å². The van der Waals surface area contributed by atoms with Gasteiger partial charge in [-0.1, -0.05) is 36.4 Å². The van der Waals surface area contributed by atoms with Crippen molar-refractivity contribution in [3.63, 3.8) is 0 Å². The van der Waals surface area contributed by atoms with E-state index in [1.54, 1.807) is 0 Å². The van der Waals surface area contributed by atoms with Gasteiger partial charge in [-0.3, -0.25) is 5.10 Å². The zero-order chi connectivity index (χ0) is 13.9. The van der Waals surface area contributed by atoms with Crippen LogP contribution >= 0.6 is 0 Å². The molecule has 1 heterocycles. The number of aromatic nitrogens is 3. The van der Waals surface area contributed by atoms with E-state index in [1.807, 2.05) is 30.3 Å². The summed E-state index contributed by atoms with van der Waals surface area (Å²) in [6, 6.07) is 13.3. The molecule has 0 fully saturated rings. The SMILES string of the molecule is Fc1ccc(Cc2nc(-c3ccccc3)n[nH]2)cc1F. The van der Waals surface area contributed by atoms with Crippen molar-refractivity contribution < 1.29 is 8.78 Å². The number of nitrogens with zero attached hydrogens (tertiary/aromatic N) is 2. The predicted octanol–water partition coefficient (Wildman–Crippen LogP) is 3.34. The standard InChI is InChI=1S/C15H11F2N3/c16-12-7-6-10(8-13(12)17)9-14-18-15(20-19-14)11-4-2-1-3-5-11/h1-8H,9H2,(H,18,19,20). The van der Waals surface area contributed by atoms with Gasteiger partial charge in [0.2, 0.25) is 0 Å². The van der Waals surface area contributed by atoms with Crippen molar-refractivity contribution >= 4 is 0 Å². The Balaban J connectivity index is 1.82. The number of aromatic amines is 1. The van der Waals surface area contributed by atoms with Crippen molar-refractivity contribution in [2.45, 2.75) is 6.42 Å². The maximum atomic E-state index is 13.1. The molecule has 3 nitrogen and oxygen atoms in total. The molecule has 0 aliphatic carbocycles. The van der Waals surface area contributed by atoms with E-state index in [9.17, 15) is 8.78 Å². The molecule has 20 heavy (non-hydrogen) atoms. The molecular formula is C15H11F2N3. The number of halogens is 2. The highest BCUT2D eigenvalue weighted by Gasteiger charge is 2.08. The van der Waals surface area contributed by atoms with Crippen LogP contribution < -0.4 is 0 Å². The molecule has 0 atom stereocenters. The van der Waals surface area contributed by atoms with Crippen LogP contribution in [0.25, 0.3) is 11.4 Å². The van der Waals surface area contributed by atoms with Crippen LogP contribution in [0.1, 0.15) is 11.4 Å². The molecule has 0 saturated heterocycles. The van der Waals surface area contributed by atoms with E-state index >= 15 is 0 Å². The van der Waals surface area contributed by atoms with Crippen LogP contribution in [0, 0.1) is 11.6 Å². The Morgan fingerprint density at radius 2 is 1.75 bits per heavy atom. The molecule has 0 amide bonds. The smallest absolute Gasteiger partial charge is 0.181 e. The first-order chi connectivity index (χ1) is 9.72. The van der Waals surface area contributed by atoms with Crippen molar-refractivity contribution in [3.8, 4) is 11.4 Å². The second-order valence-corrected chi connectivity index (χ2v) is 4.40. The van der Waals surface area contributed by atoms with E-state index < -0.39 is 11.6 Å². The summed E-state index contributed by atoms with van der Waals surface area (Å²) in [7, 11) is 0. The van der Waals surface area contributed by atoms with Crippen LogP contribution in [0.5, 0.6) is 0 Å². The maximum absolute atomic E-state index is 13.1. The molecule has 3 rings (SSSR count). The summed E-state index contributed by atoms with van der Waals surface area (Å²) in [6.45, 7) is 0. The third-order valence-electron chi connectivity index (χ3n) is 2.92. The average Bonchev–Trinajstić information content (AvgIpc) is 2.92. The summed E-state index contributed by atoms with van der Waals surface area (Å²) in [5.74, 6) is -0.514. The number of hydrogen-bond acceptors (Lipinski definition) is 2. The zero-order valence-corrected chi connectivity index (χ0v) is 10.5. The van der Waals surface area contributed by atoms with Gasteiger partial charge in [0, 0.05) is 12.0 Å². The van der Waals surface area contributed by atoms with Crippen LogP contribution in [-0.4, -0.2) is 15.2 Å². The lowest BCUT2D eigenvalue weighted by molar-refractivity contribution is 0.507. The lowest BCUT2D eigenvalue weighted by Gasteiger charge is -1.99. The first-order valence-corrected chi connectivity index (χ1v) is 6.13. The Bertz CT molecular complexity index is 723. The van der Waals surface area contributed by atoms with Crippen molar-refractivity contribution in [2.75, 3.05) is 0 Å². The van der Waals surface area contributed by atoms with Crippen molar-refractivity contribution in [2.24, 2.45) is 0 Å². The Morgan fingerprint density at radius 3 is 2.50 bits per heavy atom. The monoisotopic (exact) mass is 271 g/mol. The van der Waals surface area contributed by atoms with Crippen LogP contribution in [0.2, 0.25) is 0 Å². The van der Waals surface area contributed by atoms with Crippen molar-refractivity contribution in [1.82, 2.24) is 15.2 Å². The molecule has 3 aromatic rings. The number of rotatable bonds is 3. The van der Waals surface area contributed by atoms with Gasteiger partial charge in [-0.05, 0) is 17.7 Å². The fourth-order valence-corrected chi connectivity index (χ4v) is 1.93.